The van der Waals surface area contributed by atoms with E-state index in [0.717, 1.165) is 5.56 Å². The van der Waals surface area contributed by atoms with Crippen LogP contribution in [0.15, 0.2) is 72.9 Å². The first-order chi connectivity index (χ1) is 15.5. The number of hydrogen-bond acceptors (Lipinski definition) is 7. The van der Waals surface area contributed by atoms with Crippen LogP contribution in [0.2, 0.25) is 0 Å². The molecule has 3 aromatic carbocycles. The van der Waals surface area contributed by atoms with Crippen LogP contribution in [-0.4, -0.2) is 22.2 Å². The first-order valence-electron chi connectivity index (χ1n) is 9.67. The topological polar surface area (TPSA) is 99.7 Å². The number of halogens is 1. The van der Waals surface area contributed by atoms with Crippen LogP contribution in [0.3, 0.4) is 0 Å². The fourth-order valence-electron chi connectivity index (χ4n) is 2.99. The second-order valence-corrected chi connectivity index (χ2v) is 6.82. The van der Waals surface area contributed by atoms with E-state index in [2.05, 4.69) is 9.97 Å². The van der Waals surface area contributed by atoms with Crippen molar-refractivity contribution < 1.29 is 23.7 Å². The lowest BCUT2D eigenvalue weighted by Gasteiger charge is -2.13. The average Bonchev–Trinajstić information content (AvgIpc) is 2.80. The maximum Gasteiger partial charge on any atom is 0.220 e. The van der Waals surface area contributed by atoms with Gasteiger partial charge in [-0.05, 0) is 42.0 Å². The van der Waals surface area contributed by atoms with Gasteiger partial charge < -0.3 is 25.1 Å². The Balaban J connectivity index is 1.58. The van der Waals surface area contributed by atoms with Gasteiger partial charge in [0.2, 0.25) is 5.95 Å². The van der Waals surface area contributed by atoms with Gasteiger partial charge in [-0.3, -0.25) is 0 Å². The minimum Gasteiger partial charge on any atom is -0.507 e. The van der Waals surface area contributed by atoms with Crippen molar-refractivity contribution in [1.82, 2.24) is 9.97 Å². The van der Waals surface area contributed by atoms with E-state index in [1.807, 2.05) is 0 Å². The quantitative estimate of drug-likeness (QED) is 0.425. The average molecular weight is 433 g/mol. The lowest BCUT2D eigenvalue weighted by Crippen LogP contribution is -2.00. The third-order valence-electron chi connectivity index (χ3n) is 4.59. The number of aromatic nitrogens is 2. The molecular weight excluding hydrogens is 413 g/mol. The Labute approximate surface area is 183 Å². The maximum atomic E-state index is 13.0. The molecule has 0 bridgehead atoms. The van der Waals surface area contributed by atoms with E-state index in [-0.39, 0.29) is 24.1 Å². The molecule has 4 aromatic rings. The van der Waals surface area contributed by atoms with Gasteiger partial charge in [0.15, 0.2) is 5.75 Å². The number of nitrogens with two attached hydrogens (primary N) is 1. The molecule has 32 heavy (non-hydrogen) atoms. The molecule has 8 heteroatoms. The molecule has 162 valence electrons. The molecule has 0 aliphatic heterocycles. The summed E-state index contributed by atoms with van der Waals surface area (Å²) in [6.45, 7) is 0.226. The molecule has 1 heterocycles. The number of phenols is 1. The highest BCUT2D eigenvalue weighted by Crippen LogP contribution is 2.38. The van der Waals surface area contributed by atoms with Gasteiger partial charge in [-0.25, -0.2) is 14.4 Å². The van der Waals surface area contributed by atoms with Crippen molar-refractivity contribution in [3.8, 4) is 40.0 Å². The Kier molecular flexibility index (Phi) is 6.03. The van der Waals surface area contributed by atoms with Crippen molar-refractivity contribution in [3.05, 3.63) is 84.3 Å². The third kappa shape index (κ3) is 4.86. The number of aromatic hydroxyl groups is 1. The molecule has 0 unspecified atom stereocenters. The number of hydrogen-bond donors (Lipinski definition) is 2. The molecule has 0 amide bonds. The van der Waals surface area contributed by atoms with Crippen LogP contribution >= 0.6 is 0 Å². The van der Waals surface area contributed by atoms with Crippen LogP contribution in [0.25, 0.3) is 11.3 Å². The summed E-state index contributed by atoms with van der Waals surface area (Å²) < 4.78 is 29.9. The second kappa shape index (κ2) is 9.22. The molecule has 0 atom stereocenters. The summed E-state index contributed by atoms with van der Waals surface area (Å²) in [6.07, 6.45) is 1.44. The van der Waals surface area contributed by atoms with Crippen LogP contribution < -0.4 is 19.9 Å². The number of ether oxygens (including phenoxy) is 3. The molecule has 0 aliphatic rings. The van der Waals surface area contributed by atoms with Crippen molar-refractivity contribution in [2.45, 2.75) is 6.61 Å². The molecule has 0 radical (unpaired) electrons. The van der Waals surface area contributed by atoms with Crippen molar-refractivity contribution in [2.75, 3.05) is 12.8 Å². The Morgan fingerprint density at radius 1 is 0.969 bits per heavy atom. The zero-order valence-corrected chi connectivity index (χ0v) is 17.2. The second-order valence-electron chi connectivity index (χ2n) is 6.82. The maximum absolute atomic E-state index is 13.0. The zero-order chi connectivity index (χ0) is 22.5. The van der Waals surface area contributed by atoms with Gasteiger partial charge in [-0.1, -0.05) is 18.2 Å². The van der Waals surface area contributed by atoms with Gasteiger partial charge in [-0.15, -0.1) is 0 Å². The monoisotopic (exact) mass is 433 g/mol. The smallest absolute Gasteiger partial charge is 0.220 e. The molecule has 0 spiro atoms. The van der Waals surface area contributed by atoms with Crippen molar-refractivity contribution >= 4 is 5.95 Å². The van der Waals surface area contributed by atoms with Crippen LogP contribution in [0.5, 0.6) is 28.7 Å². The lowest BCUT2D eigenvalue weighted by molar-refractivity contribution is 0.304. The SMILES string of the molecule is COc1cccc(Oc2cnc(N)nc2-c2ccc(OCc3ccc(F)cc3)cc2O)c1. The van der Waals surface area contributed by atoms with E-state index in [9.17, 15) is 9.50 Å². The molecular formula is C24H20FN3O4. The highest BCUT2D eigenvalue weighted by Gasteiger charge is 2.16. The van der Waals surface area contributed by atoms with Crippen LogP contribution in [0.4, 0.5) is 10.3 Å². The van der Waals surface area contributed by atoms with E-state index in [0.29, 0.717) is 34.3 Å². The Hall–Kier alpha value is -4.33. The van der Waals surface area contributed by atoms with Crippen molar-refractivity contribution in [1.29, 1.82) is 0 Å². The molecule has 4 rings (SSSR count). The normalized spacial score (nSPS) is 10.6. The van der Waals surface area contributed by atoms with Crippen molar-refractivity contribution in [2.24, 2.45) is 0 Å². The van der Waals surface area contributed by atoms with Gasteiger partial charge in [0.05, 0.1) is 13.3 Å². The summed E-state index contributed by atoms with van der Waals surface area (Å²) in [5.74, 6) is 1.54. The Morgan fingerprint density at radius 2 is 1.75 bits per heavy atom. The van der Waals surface area contributed by atoms with E-state index in [4.69, 9.17) is 19.9 Å². The third-order valence-corrected chi connectivity index (χ3v) is 4.59. The number of anilines is 1. The van der Waals surface area contributed by atoms with E-state index in [1.165, 1.54) is 24.4 Å². The largest absolute Gasteiger partial charge is 0.507 e. The summed E-state index contributed by atoms with van der Waals surface area (Å²) >= 11 is 0. The first kappa shape index (κ1) is 20.9. The van der Waals surface area contributed by atoms with Crippen LogP contribution in [-0.2, 0) is 6.61 Å². The van der Waals surface area contributed by atoms with Gasteiger partial charge in [0.25, 0.3) is 0 Å². The van der Waals surface area contributed by atoms with Crippen molar-refractivity contribution in [3.63, 3.8) is 0 Å². The highest BCUT2D eigenvalue weighted by atomic mass is 19.1. The highest BCUT2D eigenvalue weighted by molar-refractivity contribution is 5.73. The summed E-state index contributed by atoms with van der Waals surface area (Å²) in [5.41, 5.74) is 7.29. The van der Waals surface area contributed by atoms with E-state index in [1.54, 1.807) is 55.6 Å². The van der Waals surface area contributed by atoms with Gasteiger partial charge in [0.1, 0.15) is 41.1 Å². The summed E-state index contributed by atoms with van der Waals surface area (Å²) in [4.78, 5) is 8.25. The number of nitrogen functional groups attached to an aromatic ring is 1. The predicted molar refractivity (Wildman–Crippen MR) is 117 cm³/mol. The number of nitrogens with zero attached hydrogens (tertiary/aromatic N) is 2. The molecule has 0 saturated heterocycles. The van der Waals surface area contributed by atoms with E-state index >= 15 is 0 Å². The molecule has 1 aromatic heterocycles. The van der Waals surface area contributed by atoms with E-state index < -0.39 is 0 Å². The number of methoxy groups -OCH3 is 1. The molecule has 0 saturated carbocycles. The van der Waals surface area contributed by atoms with Gasteiger partial charge >= 0.3 is 0 Å². The first-order valence-corrected chi connectivity index (χ1v) is 9.67. The number of benzene rings is 3. The Morgan fingerprint density at radius 3 is 2.50 bits per heavy atom. The minimum absolute atomic E-state index is 0.0361. The van der Waals surface area contributed by atoms with Crippen LogP contribution in [0, 0.1) is 5.82 Å². The predicted octanol–water partition coefficient (Wildman–Crippen LogP) is 4.95. The summed E-state index contributed by atoms with van der Waals surface area (Å²) in [5, 5.41) is 10.6. The number of phenolic OH excluding ortho intramolecular Hbond substituents is 1. The standard InChI is InChI=1S/C24H20FN3O4/c1-30-17-3-2-4-19(11-17)32-22-13-27-24(26)28-23(22)20-10-9-18(12-21(20)29)31-14-15-5-7-16(25)8-6-15/h2-13,29H,14H2,1H3,(H2,26,27,28). The Bertz CT molecular complexity index is 1230. The fraction of sp³-hybridized carbons (Fsp3) is 0.0833. The summed E-state index contributed by atoms with van der Waals surface area (Å²) in [7, 11) is 1.56. The fourth-order valence-corrected chi connectivity index (χ4v) is 2.99. The molecule has 3 N–H and O–H groups in total. The lowest BCUT2D eigenvalue weighted by atomic mass is 10.1. The molecule has 0 fully saturated rings. The van der Waals surface area contributed by atoms with Gasteiger partial charge in [0, 0.05) is 17.7 Å². The molecule has 7 nitrogen and oxygen atoms in total. The minimum atomic E-state index is -0.313. The molecule has 0 aliphatic carbocycles. The zero-order valence-electron chi connectivity index (χ0n) is 17.2. The van der Waals surface area contributed by atoms with Gasteiger partial charge in [-0.2, -0.15) is 0 Å². The summed E-state index contributed by atoms with van der Waals surface area (Å²) in [6, 6.07) is 17.9. The van der Waals surface area contributed by atoms with Crippen LogP contribution in [0.1, 0.15) is 5.56 Å². The number of rotatable bonds is 7.